The fraction of sp³-hybridized carbons (Fsp3) is 0.600. The monoisotopic (exact) mass is 560 g/mol. The van der Waals surface area contributed by atoms with Crippen molar-refractivity contribution in [3.05, 3.63) is 35.4 Å². The van der Waals surface area contributed by atoms with E-state index < -0.39 is 85.2 Å². The maximum Gasteiger partial charge on any atom is 0.425 e. The second-order valence-electron chi connectivity index (χ2n) is 9.87. The summed E-state index contributed by atoms with van der Waals surface area (Å²) in [6.45, 7) is 5.16. The molecule has 0 radical (unpaired) electrons. The van der Waals surface area contributed by atoms with Crippen LogP contribution in [0.15, 0.2) is 24.3 Å². The third-order valence-corrected chi connectivity index (χ3v) is 6.71. The van der Waals surface area contributed by atoms with Gasteiger partial charge >= 0.3 is 30.1 Å². The molecule has 39 heavy (non-hydrogen) atoms. The zero-order valence-electron chi connectivity index (χ0n) is 21.4. The number of rotatable bonds is 8. The van der Waals surface area contributed by atoms with Gasteiger partial charge in [-0.1, -0.05) is 19.1 Å². The highest BCUT2D eigenvalue weighted by Crippen LogP contribution is 2.44. The summed E-state index contributed by atoms with van der Waals surface area (Å²) in [5.41, 5.74) is -0.485. The van der Waals surface area contributed by atoms with Crippen LogP contribution in [0.2, 0.25) is 0 Å². The Kier molecular flexibility index (Phi) is 7.92. The first-order chi connectivity index (χ1) is 18.2. The lowest BCUT2D eigenvalue weighted by molar-refractivity contribution is -0.198. The Bertz CT molecular complexity index is 1120. The number of alkyl halides is 3. The van der Waals surface area contributed by atoms with E-state index in [2.05, 4.69) is 4.74 Å². The average molecular weight is 560 g/mol. The fourth-order valence-electron chi connectivity index (χ4n) is 3.90. The molecule has 0 aromatic heterocycles. The van der Waals surface area contributed by atoms with Gasteiger partial charge < -0.3 is 33.2 Å². The van der Waals surface area contributed by atoms with Crippen molar-refractivity contribution >= 4 is 23.9 Å². The normalized spacial score (nSPS) is 28.7. The summed E-state index contributed by atoms with van der Waals surface area (Å²) in [4.78, 5) is 48.6. The molecule has 0 saturated carbocycles. The van der Waals surface area contributed by atoms with Gasteiger partial charge in [-0.15, -0.1) is 0 Å². The minimum absolute atomic E-state index is 0.109. The highest BCUT2D eigenvalue weighted by atomic mass is 19.4. The maximum absolute atomic E-state index is 12.6. The van der Waals surface area contributed by atoms with Crippen LogP contribution in [-0.4, -0.2) is 73.5 Å². The molecule has 3 aliphatic heterocycles. The van der Waals surface area contributed by atoms with Gasteiger partial charge in [0.2, 0.25) is 6.10 Å². The number of fused-ring (bicyclic) bond motifs is 3. The molecule has 11 nitrogen and oxygen atoms in total. The molecule has 7 atom stereocenters. The van der Waals surface area contributed by atoms with E-state index in [9.17, 15) is 32.3 Å². The van der Waals surface area contributed by atoms with Crippen molar-refractivity contribution in [1.29, 1.82) is 0 Å². The van der Waals surface area contributed by atoms with E-state index in [4.69, 9.17) is 28.4 Å². The maximum atomic E-state index is 12.6. The van der Waals surface area contributed by atoms with E-state index in [0.717, 1.165) is 6.92 Å². The Labute approximate surface area is 220 Å². The Morgan fingerprint density at radius 2 is 1.67 bits per heavy atom. The molecule has 214 valence electrons. The van der Waals surface area contributed by atoms with Gasteiger partial charge in [0.15, 0.2) is 37.5 Å². The van der Waals surface area contributed by atoms with Gasteiger partial charge in [0.25, 0.3) is 0 Å². The molecule has 3 aliphatic rings. The lowest BCUT2D eigenvalue weighted by Gasteiger charge is -2.21. The van der Waals surface area contributed by atoms with E-state index in [1.165, 1.54) is 24.3 Å². The second kappa shape index (κ2) is 10.7. The molecule has 0 N–H and O–H groups in total. The summed E-state index contributed by atoms with van der Waals surface area (Å²) >= 11 is 0. The predicted molar refractivity (Wildman–Crippen MR) is 120 cm³/mol. The minimum atomic E-state index is -4.68. The molecule has 7 unspecified atom stereocenters. The Hall–Kier alpha value is -3.23. The number of carbonyl (C=O) groups is 4. The minimum Gasteiger partial charge on any atom is -0.454 e. The van der Waals surface area contributed by atoms with Crippen LogP contribution in [0.3, 0.4) is 0 Å². The van der Waals surface area contributed by atoms with E-state index in [0.29, 0.717) is 12.0 Å². The van der Waals surface area contributed by atoms with Crippen molar-refractivity contribution in [2.75, 3.05) is 6.61 Å². The highest BCUT2D eigenvalue weighted by Gasteiger charge is 2.63. The largest absolute Gasteiger partial charge is 0.454 e. The first kappa shape index (κ1) is 28.8. The van der Waals surface area contributed by atoms with Crippen molar-refractivity contribution in [3.8, 4) is 0 Å². The quantitative estimate of drug-likeness (QED) is 0.343. The zero-order valence-corrected chi connectivity index (χ0v) is 21.4. The lowest BCUT2D eigenvalue weighted by atomic mass is 9.91. The molecule has 0 spiro atoms. The zero-order chi connectivity index (χ0) is 28.7. The summed E-state index contributed by atoms with van der Waals surface area (Å²) in [6.07, 6.45) is -12.7. The molecule has 0 aliphatic carbocycles. The predicted octanol–water partition coefficient (Wildman–Crippen LogP) is 2.75. The van der Waals surface area contributed by atoms with Crippen LogP contribution in [0.5, 0.6) is 0 Å². The molecule has 3 fully saturated rings. The SMILES string of the molecule is CCC(C)(C)C(=O)OCC(=O)OC1C(=O)OC2C3OC(c4ccc(C(=O)OC(C)C(F)(F)F)cc4)OC3OC12. The van der Waals surface area contributed by atoms with Crippen LogP contribution in [0.25, 0.3) is 0 Å². The first-order valence-electron chi connectivity index (χ1n) is 12.1. The standard InChI is InChI=1S/C25H27F3O11/c1-5-24(3,4)23(32)33-10-14(29)35-17-15-16(36-20(17)31)18-22(37-15)39-21(38-18)13-8-6-12(7-9-13)19(30)34-11(2)25(26,27)28/h6-9,11,15-18,21-22H,5,10H2,1-4H3. The molecule has 14 heteroatoms. The van der Waals surface area contributed by atoms with Crippen LogP contribution in [-0.2, 0) is 47.5 Å². The highest BCUT2D eigenvalue weighted by molar-refractivity contribution is 5.89. The Morgan fingerprint density at radius 1 is 1.00 bits per heavy atom. The summed E-state index contributed by atoms with van der Waals surface area (Å²) < 4.78 is 75.0. The van der Waals surface area contributed by atoms with E-state index in [-0.39, 0.29) is 5.56 Å². The van der Waals surface area contributed by atoms with Gasteiger partial charge in [-0.05, 0) is 39.3 Å². The van der Waals surface area contributed by atoms with Crippen molar-refractivity contribution in [3.63, 3.8) is 0 Å². The van der Waals surface area contributed by atoms with Crippen molar-refractivity contribution in [2.45, 2.75) is 83.4 Å². The van der Waals surface area contributed by atoms with Gasteiger partial charge in [0.1, 0.15) is 6.10 Å². The second-order valence-corrected chi connectivity index (χ2v) is 9.87. The van der Waals surface area contributed by atoms with Crippen LogP contribution < -0.4 is 0 Å². The molecular formula is C25H27F3O11. The molecule has 4 rings (SSSR count). The molecule has 0 bridgehead atoms. The first-order valence-corrected chi connectivity index (χ1v) is 12.1. The number of esters is 4. The molecule has 3 saturated heterocycles. The van der Waals surface area contributed by atoms with Crippen molar-refractivity contribution < 1.29 is 65.5 Å². The Morgan fingerprint density at radius 3 is 2.28 bits per heavy atom. The Balaban J connectivity index is 1.31. The molecule has 1 aromatic carbocycles. The van der Waals surface area contributed by atoms with Crippen molar-refractivity contribution in [1.82, 2.24) is 0 Å². The summed E-state index contributed by atoms with van der Waals surface area (Å²) in [5, 5.41) is 0. The van der Waals surface area contributed by atoms with Crippen LogP contribution in [0.4, 0.5) is 13.2 Å². The van der Waals surface area contributed by atoms with Crippen LogP contribution >= 0.6 is 0 Å². The summed E-state index contributed by atoms with van der Waals surface area (Å²) in [6, 6.07) is 5.32. The fourth-order valence-corrected chi connectivity index (χ4v) is 3.90. The van der Waals surface area contributed by atoms with Gasteiger partial charge in [-0.3, -0.25) is 4.79 Å². The van der Waals surface area contributed by atoms with Gasteiger partial charge in [0.05, 0.1) is 11.0 Å². The average Bonchev–Trinajstić information content (AvgIpc) is 3.52. The smallest absolute Gasteiger partial charge is 0.425 e. The third kappa shape index (κ3) is 6.02. The number of halogens is 3. The van der Waals surface area contributed by atoms with Crippen LogP contribution in [0, 0.1) is 5.41 Å². The molecule has 1 aromatic rings. The number of hydrogen-bond donors (Lipinski definition) is 0. The number of benzene rings is 1. The lowest BCUT2D eigenvalue weighted by Crippen LogP contribution is -2.37. The summed E-state index contributed by atoms with van der Waals surface area (Å²) in [5.74, 6) is -3.56. The van der Waals surface area contributed by atoms with E-state index in [1.54, 1.807) is 20.8 Å². The van der Waals surface area contributed by atoms with Gasteiger partial charge in [0, 0.05) is 5.56 Å². The van der Waals surface area contributed by atoms with Crippen LogP contribution in [0.1, 0.15) is 56.3 Å². The number of hydrogen-bond acceptors (Lipinski definition) is 11. The van der Waals surface area contributed by atoms with E-state index in [1.807, 2.05) is 0 Å². The van der Waals surface area contributed by atoms with Gasteiger partial charge in [-0.2, -0.15) is 13.2 Å². The third-order valence-electron chi connectivity index (χ3n) is 6.71. The molecule has 3 heterocycles. The molecule has 0 amide bonds. The number of carbonyl (C=O) groups excluding carboxylic acids is 4. The van der Waals surface area contributed by atoms with Crippen molar-refractivity contribution in [2.24, 2.45) is 5.41 Å². The topological polar surface area (TPSA) is 133 Å². The van der Waals surface area contributed by atoms with E-state index >= 15 is 0 Å². The summed E-state index contributed by atoms with van der Waals surface area (Å²) in [7, 11) is 0. The molecular weight excluding hydrogens is 533 g/mol. The van der Waals surface area contributed by atoms with Gasteiger partial charge in [-0.25, -0.2) is 14.4 Å². The number of ether oxygens (including phenoxy) is 7.